The molecule has 57 heavy (non-hydrogen) atoms. The minimum atomic E-state index is -1.21. The number of fused-ring (bicyclic) bond motifs is 1. The zero-order valence-corrected chi connectivity index (χ0v) is 33.1. The minimum absolute atomic E-state index is 0.0633. The maximum absolute atomic E-state index is 13.9. The van der Waals surface area contributed by atoms with Gasteiger partial charge in [-0.3, -0.25) is 15.2 Å². The van der Waals surface area contributed by atoms with E-state index in [-0.39, 0.29) is 32.0 Å². The van der Waals surface area contributed by atoms with Crippen LogP contribution in [0.2, 0.25) is 0 Å². The Balaban J connectivity index is 1.21. The van der Waals surface area contributed by atoms with E-state index in [9.17, 15) is 19.5 Å². The van der Waals surface area contributed by atoms with E-state index in [4.69, 9.17) is 28.4 Å². The maximum Gasteiger partial charge on any atom is 0.407 e. The summed E-state index contributed by atoms with van der Waals surface area (Å²) in [5, 5.41) is 19.1. The van der Waals surface area contributed by atoms with Gasteiger partial charge in [0.1, 0.15) is 17.9 Å². The number of hydrogen-bond donors (Lipinski definition) is 4. The molecule has 15 heteroatoms. The first-order chi connectivity index (χ1) is 27.4. The summed E-state index contributed by atoms with van der Waals surface area (Å²) >= 11 is 0. The van der Waals surface area contributed by atoms with Crippen LogP contribution >= 0.6 is 0 Å². The highest BCUT2D eigenvalue weighted by Gasteiger charge is 2.44. The number of nitrogens with one attached hydrogen (secondary N) is 3. The van der Waals surface area contributed by atoms with Crippen molar-refractivity contribution in [1.82, 2.24) is 26.1 Å². The molecule has 2 aromatic carbocycles. The van der Waals surface area contributed by atoms with E-state index in [1.165, 1.54) is 7.11 Å². The fourth-order valence-electron chi connectivity index (χ4n) is 7.17. The lowest BCUT2D eigenvalue weighted by atomic mass is 9.86. The molecular weight excluding hydrogens is 734 g/mol. The first kappa shape index (κ1) is 41.8. The molecule has 3 fully saturated rings. The van der Waals surface area contributed by atoms with Crippen molar-refractivity contribution in [2.24, 2.45) is 17.3 Å². The third-order valence-corrected chi connectivity index (χ3v) is 10.4. The van der Waals surface area contributed by atoms with Gasteiger partial charge in [-0.1, -0.05) is 63.2 Å². The number of hydrogen-bond acceptors (Lipinski definition) is 12. The van der Waals surface area contributed by atoms with Crippen molar-refractivity contribution in [3.05, 3.63) is 84.1 Å². The van der Waals surface area contributed by atoms with E-state index in [0.717, 1.165) is 41.8 Å². The Kier molecular flexibility index (Phi) is 14.4. The SMILES string of the molecule is COC(=O)NC(C(=O)NN(Cc1ccc(-c2ccccn2)cc1)CC(O)C(Cc1ccc(OCC2CCOC2)cc1)NC(=O)OC1COC2OCCC12)C(C)(C)C. The van der Waals surface area contributed by atoms with E-state index in [1.807, 2.05) is 87.5 Å². The van der Waals surface area contributed by atoms with Gasteiger partial charge in [0, 0.05) is 37.4 Å². The Morgan fingerprint density at radius 1 is 0.930 bits per heavy atom. The van der Waals surface area contributed by atoms with Crippen molar-refractivity contribution in [3.63, 3.8) is 0 Å². The molecule has 1 aromatic heterocycles. The molecule has 7 unspecified atom stereocenters. The summed E-state index contributed by atoms with van der Waals surface area (Å²) in [5.74, 6) is 0.490. The molecule has 3 amide bonds. The summed E-state index contributed by atoms with van der Waals surface area (Å²) in [5.41, 5.74) is 5.62. The molecule has 0 radical (unpaired) electrons. The third kappa shape index (κ3) is 11.9. The quantitative estimate of drug-likeness (QED) is 0.152. The number of hydrazine groups is 1. The fraction of sp³-hybridized carbons (Fsp3) is 0.524. The van der Waals surface area contributed by atoms with Crippen molar-refractivity contribution in [2.45, 2.75) is 77.2 Å². The highest BCUT2D eigenvalue weighted by molar-refractivity contribution is 5.86. The molecule has 308 valence electrons. The third-order valence-electron chi connectivity index (χ3n) is 10.4. The topological polar surface area (TPSA) is 179 Å². The van der Waals surface area contributed by atoms with Gasteiger partial charge in [0.25, 0.3) is 5.91 Å². The number of alkyl carbamates (subject to hydrolysis) is 2. The van der Waals surface area contributed by atoms with Gasteiger partial charge in [-0.2, -0.15) is 0 Å². The van der Waals surface area contributed by atoms with Gasteiger partial charge >= 0.3 is 12.2 Å². The highest BCUT2D eigenvalue weighted by atomic mass is 16.7. The van der Waals surface area contributed by atoms with Gasteiger partial charge in [0.05, 0.1) is 57.3 Å². The Labute approximate surface area is 333 Å². The van der Waals surface area contributed by atoms with Crippen LogP contribution in [0.4, 0.5) is 9.59 Å². The number of carbonyl (C=O) groups excluding carboxylic acids is 3. The second-order valence-electron chi connectivity index (χ2n) is 15.9. The van der Waals surface area contributed by atoms with Gasteiger partial charge in [0.15, 0.2) is 6.29 Å². The Morgan fingerprint density at radius 2 is 1.70 bits per heavy atom. The zero-order chi connectivity index (χ0) is 40.4. The van der Waals surface area contributed by atoms with Crippen LogP contribution in [0.15, 0.2) is 72.9 Å². The number of aromatic nitrogens is 1. The first-order valence-electron chi connectivity index (χ1n) is 19.5. The summed E-state index contributed by atoms with van der Waals surface area (Å²) in [4.78, 5) is 44.1. The summed E-state index contributed by atoms with van der Waals surface area (Å²) in [7, 11) is 1.23. The van der Waals surface area contributed by atoms with Crippen LogP contribution in [-0.2, 0) is 41.4 Å². The molecule has 3 saturated heterocycles. The summed E-state index contributed by atoms with van der Waals surface area (Å²) in [6.07, 6.45) is 0.0950. The van der Waals surface area contributed by atoms with Gasteiger partial charge in [-0.15, -0.1) is 0 Å². The number of carbonyl (C=O) groups is 3. The largest absolute Gasteiger partial charge is 0.493 e. The van der Waals surface area contributed by atoms with Crippen LogP contribution in [0, 0.1) is 17.3 Å². The van der Waals surface area contributed by atoms with Crippen LogP contribution in [0.3, 0.4) is 0 Å². The normalized spacial score (nSPS) is 21.9. The Bertz CT molecular complexity index is 1750. The predicted molar refractivity (Wildman–Crippen MR) is 209 cm³/mol. The minimum Gasteiger partial charge on any atom is -0.493 e. The van der Waals surface area contributed by atoms with Gasteiger partial charge in [-0.25, -0.2) is 14.6 Å². The summed E-state index contributed by atoms with van der Waals surface area (Å²) < 4.78 is 33.4. The first-order valence-corrected chi connectivity index (χ1v) is 19.5. The second-order valence-corrected chi connectivity index (χ2v) is 15.9. The molecule has 3 aromatic rings. The molecule has 15 nitrogen and oxygen atoms in total. The van der Waals surface area contributed by atoms with Gasteiger partial charge in [0.2, 0.25) is 0 Å². The fourth-order valence-corrected chi connectivity index (χ4v) is 7.17. The number of benzene rings is 2. The molecule has 4 N–H and O–H groups in total. The van der Waals surface area contributed by atoms with Crippen LogP contribution in [0.5, 0.6) is 5.75 Å². The number of aliphatic hydroxyl groups is 1. The van der Waals surface area contributed by atoms with Crippen molar-refractivity contribution < 1.29 is 47.9 Å². The molecule has 7 atom stereocenters. The molecule has 3 aliphatic heterocycles. The van der Waals surface area contributed by atoms with Crippen LogP contribution < -0.4 is 20.8 Å². The summed E-state index contributed by atoms with van der Waals surface area (Å²) in [6.45, 7) is 8.29. The van der Waals surface area contributed by atoms with Crippen LogP contribution in [0.25, 0.3) is 11.3 Å². The lowest BCUT2D eigenvalue weighted by molar-refractivity contribution is -0.131. The van der Waals surface area contributed by atoms with E-state index < -0.39 is 54.1 Å². The molecular formula is C42H55N5O10. The predicted octanol–water partition coefficient (Wildman–Crippen LogP) is 4.23. The lowest BCUT2D eigenvalue weighted by Gasteiger charge is -2.34. The summed E-state index contributed by atoms with van der Waals surface area (Å²) in [6, 6.07) is 19.1. The average molecular weight is 790 g/mol. The Morgan fingerprint density at radius 3 is 2.39 bits per heavy atom. The van der Waals surface area contributed by atoms with E-state index in [0.29, 0.717) is 31.5 Å². The van der Waals surface area contributed by atoms with Crippen LogP contribution in [-0.4, -0.2) is 110 Å². The van der Waals surface area contributed by atoms with Crippen molar-refractivity contribution >= 4 is 18.1 Å². The number of pyridine rings is 1. The number of nitrogens with zero attached hydrogens (tertiary/aromatic N) is 2. The standard InChI is InChI=1S/C42H55N5O10/c1-42(2,3)37(45-40(50)52-4)38(49)46-47(22-28-8-12-30(13-9-28)33-7-5-6-18-43-33)23-35(48)34(44-41(51)57-36-26-56-39-32(36)17-20-54-39)21-27-10-14-31(15-11-27)55-25-29-16-19-53-24-29/h5-15,18,29,32,34-37,39,48H,16-17,19-26H2,1-4H3,(H,44,51)(H,45,50)(H,46,49). The zero-order valence-electron chi connectivity index (χ0n) is 33.1. The Hall–Kier alpha value is -4.80. The number of methoxy groups -OCH3 is 1. The number of rotatable bonds is 16. The highest BCUT2D eigenvalue weighted by Crippen LogP contribution is 2.33. The van der Waals surface area contributed by atoms with Crippen molar-refractivity contribution in [3.8, 4) is 17.0 Å². The molecule has 0 aliphatic carbocycles. The monoisotopic (exact) mass is 789 g/mol. The number of ether oxygens (including phenoxy) is 6. The van der Waals surface area contributed by atoms with Crippen molar-refractivity contribution in [2.75, 3.05) is 46.7 Å². The molecule has 0 bridgehead atoms. The van der Waals surface area contributed by atoms with E-state index >= 15 is 0 Å². The maximum atomic E-state index is 13.9. The molecule has 3 aliphatic rings. The van der Waals surface area contributed by atoms with E-state index in [1.54, 1.807) is 11.2 Å². The second kappa shape index (κ2) is 19.6. The van der Waals surface area contributed by atoms with E-state index in [2.05, 4.69) is 21.0 Å². The van der Waals surface area contributed by atoms with Gasteiger partial charge < -0.3 is 44.2 Å². The smallest absolute Gasteiger partial charge is 0.407 e. The molecule has 6 rings (SSSR count). The van der Waals surface area contributed by atoms with Crippen LogP contribution in [0.1, 0.15) is 44.7 Å². The number of amides is 3. The molecule has 4 heterocycles. The molecule has 0 spiro atoms. The lowest BCUT2D eigenvalue weighted by Crippen LogP contribution is -2.59. The number of aliphatic hydroxyl groups excluding tert-OH is 1. The average Bonchev–Trinajstić information content (AvgIpc) is 3.98. The van der Waals surface area contributed by atoms with Crippen molar-refractivity contribution in [1.29, 1.82) is 0 Å². The molecule has 0 saturated carbocycles. The van der Waals surface area contributed by atoms with Gasteiger partial charge in [-0.05, 0) is 60.1 Å².